The van der Waals surface area contributed by atoms with Crippen LogP contribution in [0.25, 0.3) is 0 Å². The summed E-state index contributed by atoms with van der Waals surface area (Å²) in [6, 6.07) is 7.72. The van der Waals surface area contributed by atoms with Crippen molar-refractivity contribution in [3.63, 3.8) is 0 Å². The van der Waals surface area contributed by atoms with Gasteiger partial charge in [-0.15, -0.1) is 0 Å². The van der Waals surface area contributed by atoms with Gasteiger partial charge in [-0.3, -0.25) is 33.8 Å². The number of methoxy groups -OCH3 is 1. The fourth-order valence-electron chi connectivity index (χ4n) is 8.15. The molecule has 12 heteroatoms. The summed E-state index contributed by atoms with van der Waals surface area (Å²) in [5, 5.41) is 2.95. The summed E-state index contributed by atoms with van der Waals surface area (Å²) in [6.45, 7) is 11.5. The van der Waals surface area contributed by atoms with E-state index < -0.39 is 47.3 Å². The van der Waals surface area contributed by atoms with Gasteiger partial charge >= 0.3 is 0 Å². The number of hydrogen-bond donors (Lipinski definition) is 1. The zero-order valence-electron chi connectivity index (χ0n) is 32.9. The summed E-state index contributed by atoms with van der Waals surface area (Å²) in [7, 11) is 1.54. The molecular weight excluding hydrogens is 688 g/mol. The summed E-state index contributed by atoms with van der Waals surface area (Å²) in [6.07, 6.45) is 6.11. The Kier molecular flexibility index (Phi) is 15.7. The van der Waals surface area contributed by atoms with Gasteiger partial charge in [0.1, 0.15) is 18.5 Å². The molecule has 2 aromatic rings. The van der Waals surface area contributed by atoms with Crippen molar-refractivity contribution >= 4 is 34.9 Å². The summed E-state index contributed by atoms with van der Waals surface area (Å²) in [5.41, 5.74) is 1.12. The number of fused-ring (bicyclic) bond motifs is 1. The molecule has 1 aliphatic carbocycles. The molecule has 294 valence electrons. The van der Waals surface area contributed by atoms with Crippen molar-refractivity contribution in [2.24, 2.45) is 35.5 Å². The number of carbonyl (C=O) groups is 6. The molecule has 2 fully saturated rings. The van der Waals surface area contributed by atoms with E-state index in [0.29, 0.717) is 25.7 Å². The largest absolute Gasteiger partial charge is 0.359 e. The minimum Gasteiger partial charge on any atom is -0.359 e. The predicted octanol–water partition coefficient (Wildman–Crippen LogP) is 5.40. The van der Waals surface area contributed by atoms with Crippen LogP contribution in [0.15, 0.2) is 48.9 Å². The molecule has 8 atom stereocenters. The molecule has 0 spiro atoms. The molecule has 1 aromatic carbocycles. The molecule has 2 heterocycles. The van der Waals surface area contributed by atoms with E-state index in [9.17, 15) is 28.8 Å². The predicted molar refractivity (Wildman–Crippen MR) is 202 cm³/mol. The maximum atomic E-state index is 14.6. The molecule has 1 saturated heterocycles. The van der Waals surface area contributed by atoms with E-state index in [1.54, 1.807) is 4.90 Å². The molecule has 0 bridgehead atoms. The minimum absolute atomic E-state index is 0.0476. The standard InChI is InChI=1S/C42H58N4O8/c1-8-12-29(40(50)36(49)19-27(6)28-13-10-9-11-14-28)20-35(48)39-30-15-16-37(54-24-53-7)32(30)23-46(39)42(52)38(26(4)5)45-41(51)31(25(2)3)21-34(47)33-22-43-17-18-44-33/h9-11,13-14,17-18,22,25-27,29-32,37-39H,8,12,15-16,19-21,23-24H2,1-7H3,(H,45,51)/t27-,29?,30+,31+,32+,37-,38+,39+/m1/s1. The lowest BCUT2D eigenvalue weighted by Crippen LogP contribution is -2.56. The van der Waals surface area contributed by atoms with Crippen LogP contribution >= 0.6 is 0 Å². The van der Waals surface area contributed by atoms with Gasteiger partial charge in [0.05, 0.1) is 18.3 Å². The maximum absolute atomic E-state index is 14.6. The van der Waals surface area contributed by atoms with E-state index >= 15 is 0 Å². The Morgan fingerprint density at radius 3 is 2.24 bits per heavy atom. The number of ketones is 4. The molecule has 4 rings (SSSR count). The summed E-state index contributed by atoms with van der Waals surface area (Å²) >= 11 is 0. The molecule has 1 unspecified atom stereocenters. The highest BCUT2D eigenvalue weighted by Gasteiger charge is 2.54. The molecule has 2 aliphatic rings. The number of ether oxygens (including phenoxy) is 2. The molecular formula is C42H58N4O8. The number of nitrogens with zero attached hydrogens (tertiary/aromatic N) is 3. The van der Waals surface area contributed by atoms with Gasteiger partial charge in [-0.25, -0.2) is 4.98 Å². The first-order chi connectivity index (χ1) is 25.8. The van der Waals surface area contributed by atoms with Crippen molar-refractivity contribution in [1.29, 1.82) is 0 Å². The van der Waals surface area contributed by atoms with Crippen LogP contribution in [0.2, 0.25) is 0 Å². The lowest BCUT2D eigenvalue weighted by atomic mass is 9.83. The van der Waals surface area contributed by atoms with Crippen LogP contribution in [0.4, 0.5) is 0 Å². The lowest BCUT2D eigenvalue weighted by molar-refractivity contribution is -0.145. The van der Waals surface area contributed by atoms with Gasteiger partial charge < -0.3 is 19.7 Å². The third-order valence-electron chi connectivity index (χ3n) is 11.2. The molecule has 54 heavy (non-hydrogen) atoms. The van der Waals surface area contributed by atoms with Crippen LogP contribution in [-0.4, -0.2) is 88.5 Å². The highest BCUT2D eigenvalue weighted by atomic mass is 16.7. The van der Waals surface area contributed by atoms with Crippen molar-refractivity contribution in [1.82, 2.24) is 20.2 Å². The quantitative estimate of drug-likeness (QED) is 0.0996. The molecule has 1 N–H and O–H groups in total. The van der Waals surface area contributed by atoms with Crippen molar-refractivity contribution in [2.75, 3.05) is 20.4 Å². The van der Waals surface area contributed by atoms with E-state index in [4.69, 9.17) is 9.47 Å². The monoisotopic (exact) mass is 746 g/mol. The zero-order chi connectivity index (χ0) is 39.5. The van der Waals surface area contributed by atoms with Gasteiger partial charge in [0.25, 0.3) is 0 Å². The molecule has 2 amide bonds. The van der Waals surface area contributed by atoms with E-state index in [1.165, 1.54) is 25.7 Å². The first-order valence-corrected chi connectivity index (χ1v) is 19.4. The molecule has 12 nitrogen and oxygen atoms in total. The Balaban J connectivity index is 1.56. The average Bonchev–Trinajstić information content (AvgIpc) is 3.74. The number of nitrogens with one attached hydrogen (secondary N) is 1. The molecule has 0 radical (unpaired) electrons. The number of aromatic nitrogens is 2. The van der Waals surface area contributed by atoms with Crippen LogP contribution in [0.3, 0.4) is 0 Å². The normalized spacial score (nSPS) is 21.7. The maximum Gasteiger partial charge on any atom is 0.246 e. The Morgan fingerprint density at radius 2 is 1.63 bits per heavy atom. The highest BCUT2D eigenvalue weighted by molar-refractivity contribution is 6.38. The molecule has 1 aliphatic heterocycles. The summed E-state index contributed by atoms with van der Waals surface area (Å²) < 4.78 is 11.2. The van der Waals surface area contributed by atoms with Gasteiger partial charge in [-0.2, -0.15) is 0 Å². The second-order valence-corrected chi connectivity index (χ2v) is 15.7. The Bertz CT molecular complexity index is 1600. The minimum atomic E-state index is -0.980. The van der Waals surface area contributed by atoms with Gasteiger partial charge in [0.2, 0.25) is 17.6 Å². The van der Waals surface area contributed by atoms with Crippen molar-refractivity contribution in [2.45, 2.75) is 111 Å². The van der Waals surface area contributed by atoms with Crippen LogP contribution in [0, 0.1) is 35.5 Å². The van der Waals surface area contributed by atoms with Crippen molar-refractivity contribution in [3.8, 4) is 0 Å². The number of carbonyl (C=O) groups excluding carboxylic acids is 6. The second-order valence-electron chi connectivity index (χ2n) is 15.7. The second kappa shape index (κ2) is 20.0. The topological polar surface area (TPSA) is 162 Å². The number of hydrogen-bond acceptors (Lipinski definition) is 10. The van der Waals surface area contributed by atoms with E-state index in [-0.39, 0.29) is 85.6 Å². The number of rotatable bonds is 21. The first kappa shape index (κ1) is 42.6. The fourth-order valence-corrected chi connectivity index (χ4v) is 8.15. The van der Waals surface area contributed by atoms with Crippen LogP contribution in [0.5, 0.6) is 0 Å². The van der Waals surface area contributed by atoms with E-state index in [2.05, 4.69) is 15.3 Å². The lowest BCUT2D eigenvalue weighted by Gasteiger charge is -2.33. The van der Waals surface area contributed by atoms with Gasteiger partial charge in [-0.1, -0.05) is 78.3 Å². The third-order valence-corrected chi connectivity index (χ3v) is 11.2. The average molecular weight is 747 g/mol. The van der Waals surface area contributed by atoms with Gasteiger partial charge in [0, 0.05) is 63.1 Å². The molecule has 1 saturated carbocycles. The van der Waals surface area contributed by atoms with E-state index in [1.807, 2.05) is 71.9 Å². The van der Waals surface area contributed by atoms with Crippen LogP contribution < -0.4 is 5.32 Å². The highest BCUT2D eigenvalue weighted by Crippen LogP contribution is 2.45. The Labute approximate surface area is 319 Å². The smallest absolute Gasteiger partial charge is 0.246 e. The summed E-state index contributed by atoms with van der Waals surface area (Å²) in [4.78, 5) is 92.6. The third kappa shape index (κ3) is 10.5. The van der Waals surface area contributed by atoms with Crippen LogP contribution in [-0.2, 0) is 33.4 Å². The SMILES string of the molecule is CCCC(CC(=O)[C@@H]1[C@H]2CC[C@@H](OCOC)[C@H]2CN1C(=O)[C@@H](NC(=O)[C@@H](CC(=O)c1cnccn1)C(C)C)C(C)C)C(=O)C(=O)C[C@@H](C)c1ccccc1. The number of amides is 2. The van der Waals surface area contributed by atoms with Gasteiger partial charge in [-0.05, 0) is 48.5 Å². The number of likely N-dealkylation sites (tertiary alicyclic amines) is 1. The number of Topliss-reactive ketones (excluding diaryl/α,β-unsaturated/α-hetero) is 4. The first-order valence-electron chi connectivity index (χ1n) is 19.4. The Hall–Kier alpha value is -4.16. The molecule has 1 aromatic heterocycles. The Morgan fingerprint density at radius 1 is 0.907 bits per heavy atom. The van der Waals surface area contributed by atoms with Crippen molar-refractivity contribution < 1.29 is 38.2 Å². The van der Waals surface area contributed by atoms with Crippen LogP contribution in [0.1, 0.15) is 108 Å². The van der Waals surface area contributed by atoms with E-state index in [0.717, 1.165) is 5.56 Å². The number of benzene rings is 1. The fraction of sp³-hybridized carbons (Fsp3) is 0.619. The van der Waals surface area contributed by atoms with Crippen molar-refractivity contribution in [3.05, 3.63) is 60.2 Å². The zero-order valence-corrected chi connectivity index (χ0v) is 32.9. The van der Waals surface area contributed by atoms with Gasteiger partial charge in [0.15, 0.2) is 17.3 Å². The summed E-state index contributed by atoms with van der Waals surface area (Å²) in [5.74, 6) is -5.09.